The zero-order valence-corrected chi connectivity index (χ0v) is 27.3. The van der Waals surface area contributed by atoms with Gasteiger partial charge in [-0.05, 0) is 68.3 Å². The number of amides is 3. The van der Waals surface area contributed by atoms with Gasteiger partial charge in [-0.25, -0.2) is 4.90 Å². The first-order valence-electron chi connectivity index (χ1n) is 15.1. The molecule has 0 unspecified atom stereocenters. The molecule has 3 heterocycles. The molecule has 13 heteroatoms. The molecule has 1 N–H and O–H groups in total. The highest BCUT2D eigenvalue weighted by molar-refractivity contribution is 8.00. The molecule has 0 radical (unpaired) electrons. The number of alkyl halides is 3. The number of aromatic nitrogens is 1. The van der Waals surface area contributed by atoms with Crippen LogP contribution in [0.25, 0.3) is 0 Å². The molecule has 0 aliphatic carbocycles. The fourth-order valence-corrected chi connectivity index (χ4v) is 9.08. The number of hydrogen-bond acceptors (Lipinski definition) is 7. The van der Waals surface area contributed by atoms with Crippen molar-refractivity contribution < 1.29 is 27.6 Å². The van der Waals surface area contributed by atoms with E-state index >= 15 is 0 Å². The Labute approximate surface area is 277 Å². The van der Waals surface area contributed by atoms with E-state index in [-0.39, 0.29) is 6.54 Å². The summed E-state index contributed by atoms with van der Waals surface area (Å²) in [4.78, 5) is 57.6. The van der Waals surface area contributed by atoms with Gasteiger partial charge in [0.05, 0.1) is 22.2 Å². The molecule has 0 spiro atoms. The maximum Gasteiger partial charge on any atom is 0.418 e. The van der Waals surface area contributed by atoms with Crippen molar-refractivity contribution >= 4 is 57.9 Å². The Bertz CT molecular complexity index is 1920. The second-order valence-corrected chi connectivity index (χ2v) is 13.5. The summed E-state index contributed by atoms with van der Waals surface area (Å²) < 4.78 is 43.5. The number of nitrogens with zero attached hydrogens (tertiary/aromatic N) is 3. The average Bonchev–Trinajstić information content (AvgIpc) is 3.47. The maximum absolute atomic E-state index is 14.2. The Hall–Kier alpha value is -4.36. The van der Waals surface area contributed by atoms with Crippen LogP contribution in [0, 0.1) is 12.8 Å². The van der Waals surface area contributed by atoms with Crippen LogP contribution >= 0.6 is 23.1 Å². The molecule has 6 rings (SSSR count). The van der Waals surface area contributed by atoms with Crippen molar-refractivity contribution in [1.29, 1.82) is 0 Å². The van der Waals surface area contributed by atoms with Crippen molar-refractivity contribution in [3.8, 4) is 0 Å². The van der Waals surface area contributed by atoms with Crippen molar-refractivity contribution in [1.82, 2.24) is 4.57 Å². The number of hydrogen-bond donors (Lipinski definition) is 1. The smallest absolute Gasteiger partial charge is 0.372 e. The fraction of sp³-hybridized carbons (Fsp3) is 0.294. The highest BCUT2D eigenvalue weighted by atomic mass is 32.2. The van der Waals surface area contributed by atoms with Crippen molar-refractivity contribution in [3.63, 3.8) is 0 Å². The van der Waals surface area contributed by atoms with E-state index in [0.29, 0.717) is 26.1 Å². The van der Waals surface area contributed by atoms with Gasteiger partial charge in [0.1, 0.15) is 11.8 Å². The molecule has 3 amide bonds. The van der Waals surface area contributed by atoms with Gasteiger partial charge in [0.2, 0.25) is 17.7 Å². The predicted molar refractivity (Wildman–Crippen MR) is 177 cm³/mol. The normalized spacial score (nSPS) is 19.0. The first-order valence-corrected chi connectivity index (χ1v) is 16.8. The summed E-state index contributed by atoms with van der Waals surface area (Å²) in [6.07, 6.45) is -4.80. The van der Waals surface area contributed by atoms with Gasteiger partial charge in [-0.3, -0.25) is 23.7 Å². The van der Waals surface area contributed by atoms with E-state index in [2.05, 4.69) is 10.2 Å². The van der Waals surface area contributed by atoms with Gasteiger partial charge in [0.25, 0.3) is 0 Å². The number of para-hydroxylation sites is 1. The van der Waals surface area contributed by atoms with Crippen molar-refractivity contribution in [3.05, 3.63) is 104 Å². The number of rotatable bonds is 8. The molecule has 3 atom stereocenters. The van der Waals surface area contributed by atoms with Crippen LogP contribution in [0.3, 0.4) is 0 Å². The van der Waals surface area contributed by atoms with Crippen LogP contribution in [0.5, 0.6) is 0 Å². The first-order chi connectivity index (χ1) is 22.4. The number of carbonyl (C=O) groups excluding carboxylic acids is 3. The quantitative estimate of drug-likeness (QED) is 0.213. The molecule has 1 aromatic heterocycles. The molecule has 47 heavy (non-hydrogen) atoms. The number of halogens is 3. The molecule has 1 fully saturated rings. The Morgan fingerprint density at radius 2 is 1.64 bits per heavy atom. The monoisotopic (exact) mass is 680 g/mol. The van der Waals surface area contributed by atoms with Crippen LogP contribution in [0.15, 0.2) is 82.6 Å². The van der Waals surface area contributed by atoms with E-state index < -0.39 is 57.1 Å². The number of fused-ring (bicyclic) bond motifs is 2. The summed E-state index contributed by atoms with van der Waals surface area (Å²) in [5.74, 6) is -3.91. The third kappa shape index (κ3) is 5.98. The second-order valence-electron chi connectivity index (χ2n) is 11.4. The SMILES string of the molecule is CCN(CC)c1ccc([C@@H]2c3sc(=O)n(CC(=O)Nc4cccc(C)c4)c3S[C@H]3C(=O)N(c4ccccc4C(F)(F)F)C(=O)[C@@H]23)cc1. The van der Waals surface area contributed by atoms with E-state index in [4.69, 9.17) is 0 Å². The van der Waals surface area contributed by atoms with Gasteiger partial charge >= 0.3 is 11.0 Å². The van der Waals surface area contributed by atoms with Gasteiger partial charge in [-0.2, -0.15) is 13.2 Å². The van der Waals surface area contributed by atoms with Gasteiger partial charge in [0.15, 0.2) is 0 Å². The van der Waals surface area contributed by atoms with E-state index in [9.17, 15) is 32.3 Å². The molecular weight excluding hydrogens is 650 g/mol. The zero-order chi connectivity index (χ0) is 33.6. The van der Waals surface area contributed by atoms with Gasteiger partial charge in [-0.1, -0.05) is 59.5 Å². The summed E-state index contributed by atoms with van der Waals surface area (Å²) in [6, 6.07) is 19.2. The summed E-state index contributed by atoms with van der Waals surface area (Å²) in [6.45, 7) is 7.11. The Morgan fingerprint density at radius 3 is 2.30 bits per heavy atom. The lowest BCUT2D eigenvalue weighted by Crippen LogP contribution is -2.33. The minimum atomic E-state index is -4.80. The van der Waals surface area contributed by atoms with Crippen LogP contribution in [-0.2, 0) is 27.1 Å². The number of benzene rings is 3. The summed E-state index contributed by atoms with van der Waals surface area (Å²) >= 11 is 1.84. The molecule has 2 aliphatic rings. The van der Waals surface area contributed by atoms with E-state index in [1.807, 2.05) is 51.1 Å². The number of anilines is 3. The average molecular weight is 681 g/mol. The Balaban J connectivity index is 1.44. The van der Waals surface area contributed by atoms with Crippen LogP contribution in [0.4, 0.5) is 30.2 Å². The van der Waals surface area contributed by atoms with E-state index in [1.54, 1.807) is 18.2 Å². The third-order valence-electron chi connectivity index (χ3n) is 8.48. The molecule has 244 valence electrons. The molecule has 3 aromatic carbocycles. The number of carbonyl (C=O) groups is 3. The highest BCUT2D eigenvalue weighted by Gasteiger charge is 2.57. The molecule has 0 saturated carbocycles. The summed E-state index contributed by atoms with van der Waals surface area (Å²) in [7, 11) is 0. The van der Waals surface area contributed by atoms with Crippen LogP contribution in [-0.4, -0.2) is 40.6 Å². The van der Waals surface area contributed by atoms with Gasteiger partial charge in [0, 0.05) is 35.3 Å². The number of thioether (sulfide) groups is 1. The predicted octanol–water partition coefficient (Wildman–Crippen LogP) is 6.52. The Kier molecular flexibility index (Phi) is 8.79. The maximum atomic E-state index is 14.2. The van der Waals surface area contributed by atoms with Crippen molar-refractivity contribution in [2.24, 2.45) is 5.92 Å². The summed E-state index contributed by atoms with van der Waals surface area (Å²) in [5, 5.41) is 2.02. The molecule has 1 saturated heterocycles. The number of imide groups is 1. The van der Waals surface area contributed by atoms with Crippen molar-refractivity contribution in [2.75, 3.05) is 28.2 Å². The standard InChI is InChI=1S/C34H31F3N4O4S2/c1-4-39(5-2)22-15-13-20(14-16-22)26-27-28(31(44)41(30(27)43)24-12-7-6-11-23(24)34(35,36)37)46-32-29(26)47-33(45)40(32)18-25(42)38-21-10-8-9-19(3)17-21/h6-17,26-28H,4-5,18H2,1-3H3,(H,38,42)/t26-,27-,28+/m0/s1. The molecule has 0 bridgehead atoms. The minimum Gasteiger partial charge on any atom is -0.372 e. The lowest BCUT2D eigenvalue weighted by Gasteiger charge is -2.31. The third-order valence-corrected chi connectivity index (χ3v) is 11.1. The summed E-state index contributed by atoms with van der Waals surface area (Å²) in [5.41, 5.74) is 1.45. The largest absolute Gasteiger partial charge is 0.418 e. The first kappa shape index (κ1) is 32.6. The van der Waals surface area contributed by atoms with Crippen LogP contribution in [0.1, 0.15) is 41.3 Å². The molecule has 4 aromatic rings. The zero-order valence-electron chi connectivity index (χ0n) is 25.7. The fourth-order valence-electron chi connectivity index (χ4n) is 6.31. The molecular formula is C34H31F3N4O4S2. The van der Waals surface area contributed by atoms with Gasteiger partial charge in [-0.15, -0.1) is 0 Å². The topological polar surface area (TPSA) is 91.7 Å². The van der Waals surface area contributed by atoms with Crippen molar-refractivity contribution in [2.45, 2.75) is 49.7 Å². The number of aryl methyl sites for hydroxylation is 1. The highest BCUT2D eigenvalue weighted by Crippen LogP contribution is 2.54. The minimum absolute atomic E-state index is 0.348. The molecule has 8 nitrogen and oxygen atoms in total. The lowest BCUT2D eigenvalue weighted by molar-refractivity contribution is -0.137. The van der Waals surface area contributed by atoms with Crippen LogP contribution < -0.4 is 20.0 Å². The Morgan fingerprint density at radius 1 is 0.936 bits per heavy atom. The number of thiazole rings is 1. The van der Waals surface area contributed by atoms with E-state index in [1.165, 1.54) is 16.7 Å². The number of nitrogens with one attached hydrogen (secondary N) is 1. The second kappa shape index (κ2) is 12.7. The lowest BCUT2D eigenvalue weighted by atomic mass is 9.83. The molecule has 2 aliphatic heterocycles. The van der Waals surface area contributed by atoms with Gasteiger partial charge < -0.3 is 10.2 Å². The van der Waals surface area contributed by atoms with E-state index in [0.717, 1.165) is 59.6 Å². The van der Waals surface area contributed by atoms with Crippen LogP contribution in [0.2, 0.25) is 0 Å².